The molecule has 2 aromatic carbocycles. The van der Waals surface area contributed by atoms with Gasteiger partial charge in [0.05, 0.1) is 4.47 Å². The summed E-state index contributed by atoms with van der Waals surface area (Å²) in [5.41, 5.74) is 9.13. The van der Waals surface area contributed by atoms with Crippen LogP contribution in [-0.4, -0.2) is 0 Å². The number of hydrogen-bond donors (Lipinski definition) is 1. The normalized spacial score (nSPS) is 12.4. The van der Waals surface area contributed by atoms with Crippen molar-refractivity contribution < 1.29 is 4.39 Å². The molecular weight excluding hydrogens is 305 g/mol. The maximum atomic E-state index is 13.9. The third-order valence-electron chi connectivity index (χ3n) is 3.25. The van der Waals surface area contributed by atoms with Crippen molar-refractivity contribution in [2.75, 3.05) is 0 Å². The van der Waals surface area contributed by atoms with Crippen LogP contribution in [0.1, 0.15) is 29.2 Å². The summed E-state index contributed by atoms with van der Waals surface area (Å²) < 4.78 is 14.4. The van der Waals surface area contributed by atoms with Crippen molar-refractivity contribution in [3.8, 4) is 0 Å². The van der Waals surface area contributed by atoms with E-state index in [4.69, 9.17) is 5.73 Å². The molecule has 0 spiro atoms. The van der Waals surface area contributed by atoms with Crippen LogP contribution in [0.3, 0.4) is 0 Å². The maximum Gasteiger partial charge on any atom is 0.142 e. The predicted octanol–water partition coefficient (Wildman–Crippen LogP) is 4.53. The first-order valence-corrected chi connectivity index (χ1v) is 7.12. The molecule has 0 amide bonds. The largest absolute Gasteiger partial charge is 0.324 e. The van der Waals surface area contributed by atoms with Crippen molar-refractivity contribution in [2.24, 2.45) is 5.73 Å². The van der Waals surface area contributed by atoms with Crippen LogP contribution in [0.15, 0.2) is 46.9 Å². The van der Waals surface area contributed by atoms with E-state index in [-0.39, 0.29) is 11.9 Å². The number of hydrogen-bond acceptors (Lipinski definition) is 1. The number of aryl methyl sites for hydroxylation is 2. The van der Waals surface area contributed by atoms with Crippen LogP contribution in [0, 0.1) is 12.7 Å². The smallest absolute Gasteiger partial charge is 0.142 e. The fourth-order valence-electron chi connectivity index (χ4n) is 2.04. The highest BCUT2D eigenvalue weighted by molar-refractivity contribution is 9.10. The Morgan fingerprint density at radius 2 is 1.84 bits per heavy atom. The maximum absolute atomic E-state index is 13.9. The Hall–Kier alpha value is -1.19. The van der Waals surface area contributed by atoms with E-state index < -0.39 is 0 Å². The molecule has 3 heteroatoms. The first kappa shape index (κ1) is 14.2. The Kier molecular flexibility index (Phi) is 4.72. The second kappa shape index (κ2) is 6.31. The van der Waals surface area contributed by atoms with Crippen molar-refractivity contribution in [1.82, 2.24) is 0 Å². The summed E-state index contributed by atoms with van der Waals surface area (Å²) in [4.78, 5) is 0. The van der Waals surface area contributed by atoms with E-state index in [0.29, 0.717) is 10.0 Å². The molecule has 1 nitrogen and oxygen atoms in total. The third-order valence-corrected chi connectivity index (χ3v) is 3.86. The summed E-state index contributed by atoms with van der Waals surface area (Å²) in [6.07, 6.45) is 1.59. The van der Waals surface area contributed by atoms with E-state index in [1.807, 2.05) is 6.07 Å². The highest BCUT2D eigenvalue weighted by atomic mass is 79.9. The zero-order valence-electron chi connectivity index (χ0n) is 10.9. The van der Waals surface area contributed by atoms with Gasteiger partial charge in [-0.05, 0) is 47.3 Å². The van der Waals surface area contributed by atoms with Crippen molar-refractivity contribution in [3.63, 3.8) is 0 Å². The van der Waals surface area contributed by atoms with E-state index in [1.165, 1.54) is 11.1 Å². The monoisotopic (exact) mass is 321 g/mol. The molecule has 0 heterocycles. The van der Waals surface area contributed by atoms with Crippen LogP contribution >= 0.6 is 15.9 Å². The lowest BCUT2D eigenvalue weighted by molar-refractivity contribution is 0.559. The van der Waals surface area contributed by atoms with Gasteiger partial charge in [0.25, 0.3) is 0 Å². The van der Waals surface area contributed by atoms with Gasteiger partial charge in [0.1, 0.15) is 5.82 Å². The van der Waals surface area contributed by atoms with Gasteiger partial charge in [0.2, 0.25) is 0 Å². The minimum atomic E-state index is -0.279. The van der Waals surface area contributed by atoms with E-state index in [1.54, 1.807) is 12.1 Å². The number of rotatable bonds is 4. The Labute approximate surface area is 121 Å². The van der Waals surface area contributed by atoms with Crippen LogP contribution in [0.4, 0.5) is 4.39 Å². The van der Waals surface area contributed by atoms with Gasteiger partial charge in [-0.3, -0.25) is 0 Å². The lowest BCUT2D eigenvalue weighted by Crippen LogP contribution is -2.13. The first-order chi connectivity index (χ1) is 9.08. The molecule has 2 N–H and O–H groups in total. The SMILES string of the molecule is Cc1ccc(CCC(N)c2cccc(Br)c2F)cc1. The molecule has 0 saturated heterocycles. The number of halogens is 2. The Morgan fingerprint density at radius 3 is 2.53 bits per heavy atom. The molecule has 100 valence electrons. The quantitative estimate of drug-likeness (QED) is 0.879. The van der Waals surface area contributed by atoms with Crippen LogP contribution in [0.2, 0.25) is 0 Å². The number of nitrogens with two attached hydrogens (primary N) is 1. The van der Waals surface area contributed by atoms with Crippen LogP contribution in [0.5, 0.6) is 0 Å². The van der Waals surface area contributed by atoms with Gasteiger partial charge in [0.15, 0.2) is 0 Å². The highest BCUT2D eigenvalue weighted by Crippen LogP contribution is 2.25. The molecule has 1 unspecified atom stereocenters. The van der Waals surface area contributed by atoms with Crippen LogP contribution in [-0.2, 0) is 6.42 Å². The van der Waals surface area contributed by atoms with Gasteiger partial charge in [-0.25, -0.2) is 4.39 Å². The van der Waals surface area contributed by atoms with E-state index in [2.05, 4.69) is 47.1 Å². The summed E-state index contributed by atoms with van der Waals surface area (Å²) in [5, 5.41) is 0. The summed E-state index contributed by atoms with van der Waals surface area (Å²) in [7, 11) is 0. The molecule has 0 fully saturated rings. The molecule has 0 aliphatic rings. The molecule has 0 bridgehead atoms. The predicted molar refractivity (Wildman–Crippen MR) is 80.5 cm³/mol. The fourth-order valence-corrected chi connectivity index (χ4v) is 2.42. The Morgan fingerprint density at radius 1 is 1.16 bits per heavy atom. The second-order valence-electron chi connectivity index (χ2n) is 4.77. The molecule has 0 aliphatic carbocycles. The summed E-state index contributed by atoms with van der Waals surface area (Å²) in [6, 6.07) is 13.3. The van der Waals surface area contributed by atoms with Crippen molar-refractivity contribution in [1.29, 1.82) is 0 Å². The van der Waals surface area contributed by atoms with Crippen LogP contribution < -0.4 is 5.73 Å². The van der Waals surface area contributed by atoms with Crippen molar-refractivity contribution in [2.45, 2.75) is 25.8 Å². The Balaban J connectivity index is 2.03. The highest BCUT2D eigenvalue weighted by Gasteiger charge is 2.13. The first-order valence-electron chi connectivity index (χ1n) is 6.33. The molecule has 2 aromatic rings. The van der Waals surface area contributed by atoms with Crippen LogP contribution in [0.25, 0.3) is 0 Å². The van der Waals surface area contributed by atoms with Crippen molar-refractivity contribution >= 4 is 15.9 Å². The summed E-state index contributed by atoms with van der Waals surface area (Å²) in [5.74, 6) is -0.251. The molecule has 1 atom stereocenters. The topological polar surface area (TPSA) is 26.0 Å². The zero-order valence-corrected chi connectivity index (χ0v) is 12.5. The van der Waals surface area contributed by atoms with Gasteiger partial charge in [-0.15, -0.1) is 0 Å². The van der Waals surface area contributed by atoms with Crippen molar-refractivity contribution in [3.05, 3.63) is 69.4 Å². The van der Waals surface area contributed by atoms with E-state index in [0.717, 1.165) is 12.8 Å². The van der Waals surface area contributed by atoms with Gasteiger partial charge >= 0.3 is 0 Å². The van der Waals surface area contributed by atoms with Gasteiger partial charge in [-0.2, -0.15) is 0 Å². The minimum absolute atomic E-state index is 0.251. The molecule has 0 radical (unpaired) electrons. The lowest BCUT2D eigenvalue weighted by atomic mass is 9.99. The average Bonchev–Trinajstić information content (AvgIpc) is 2.41. The Bertz CT molecular complexity index is 551. The molecule has 19 heavy (non-hydrogen) atoms. The van der Waals surface area contributed by atoms with E-state index in [9.17, 15) is 4.39 Å². The summed E-state index contributed by atoms with van der Waals surface area (Å²) >= 11 is 3.19. The molecule has 0 aromatic heterocycles. The van der Waals surface area contributed by atoms with Gasteiger partial charge in [0, 0.05) is 11.6 Å². The fraction of sp³-hybridized carbons (Fsp3) is 0.250. The summed E-state index contributed by atoms with van der Waals surface area (Å²) in [6.45, 7) is 2.06. The number of benzene rings is 2. The van der Waals surface area contributed by atoms with Gasteiger partial charge in [-0.1, -0.05) is 42.0 Å². The molecule has 0 saturated carbocycles. The lowest BCUT2D eigenvalue weighted by Gasteiger charge is -2.13. The standard InChI is InChI=1S/C16H17BrFN/c1-11-5-7-12(8-6-11)9-10-15(19)13-3-2-4-14(17)16(13)18/h2-8,15H,9-10,19H2,1H3. The average molecular weight is 322 g/mol. The zero-order chi connectivity index (χ0) is 13.8. The second-order valence-corrected chi connectivity index (χ2v) is 5.63. The minimum Gasteiger partial charge on any atom is -0.324 e. The molecule has 0 aliphatic heterocycles. The van der Waals surface area contributed by atoms with Gasteiger partial charge < -0.3 is 5.73 Å². The molecule has 2 rings (SSSR count). The van der Waals surface area contributed by atoms with E-state index >= 15 is 0 Å². The third kappa shape index (κ3) is 3.64. The molecular formula is C16H17BrFN.